The number of benzene rings is 1. The van der Waals surface area contributed by atoms with Crippen molar-refractivity contribution in [1.82, 2.24) is 4.90 Å². The Kier molecular flexibility index (Phi) is 3.27. The first-order chi connectivity index (χ1) is 7.27. The fraction of sp³-hybridized carbons (Fsp3) is 0.538. The van der Waals surface area contributed by atoms with Crippen molar-refractivity contribution < 1.29 is 0 Å². The van der Waals surface area contributed by atoms with E-state index in [-0.39, 0.29) is 0 Å². The van der Waals surface area contributed by atoms with E-state index in [0.717, 1.165) is 12.6 Å². The monoisotopic (exact) mass is 204 g/mol. The van der Waals surface area contributed by atoms with E-state index in [0.29, 0.717) is 6.04 Å². The van der Waals surface area contributed by atoms with E-state index in [4.69, 9.17) is 0 Å². The van der Waals surface area contributed by atoms with Gasteiger partial charge in [0, 0.05) is 24.3 Å². The van der Waals surface area contributed by atoms with E-state index < -0.39 is 0 Å². The number of nitrogens with zero attached hydrogens (tertiary/aromatic N) is 1. The zero-order valence-corrected chi connectivity index (χ0v) is 9.61. The average Bonchev–Trinajstić information content (AvgIpc) is 3.10. The van der Waals surface area contributed by atoms with Crippen LogP contribution in [0.15, 0.2) is 30.3 Å². The molecule has 1 saturated carbocycles. The molecule has 0 aromatic heterocycles. The molecule has 1 aromatic carbocycles. The minimum atomic E-state index is 0.609. The molecule has 82 valence electrons. The van der Waals surface area contributed by atoms with Gasteiger partial charge >= 0.3 is 0 Å². The Morgan fingerprint density at radius 3 is 2.60 bits per heavy atom. The number of likely N-dealkylation sites (N-methyl/N-ethyl adjacent to an activating group) is 1. The van der Waals surface area contributed by atoms with E-state index >= 15 is 0 Å². The highest BCUT2D eigenvalue weighted by Crippen LogP contribution is 2.26. The lowest BCUT2D eigenvalue weighted by Crippen LogP contribution is -2.36. The molecule has 1 unspecified atom stereocenters. The lowest BCUT2D eigenvalue weighted by atomic mass is 10.2. The van der Waals surface area contributed by atoms with E-state index in [1.807, 2.05) is 6.07 Å². The van der Waals surface area contributed by atoms with Crippen molar-refractivity contribution in [3.8, 4) is 0 Å². The minimum Gasteiger partial charge on any atom is -0.383 e. The van der Waals surface area contributed by atoms with E-state index in [1.54, 1.807) is 0 Å². The number of hydrogen-bond acceptors (Lipinski definition) is 2. The van der Waals surface area contributed by atoms with Crippen LogP contribution in [0.4, 0.5) is 5.69 Å². The maximum atomic E-state index is 3.47. The topological polar surface area (TPSA) is 15.3 Å². The van der Waals surface area contributed by atoms with Crippen LogP contribution in [0.2, 0.25) is 0 Å². The second kappa shape index (κ2) is 4.67. The van der Waals surface area contributed by atoms with Crippen LogP contribution >= 0.6 is 0 Å². The second-order valence-corrected chi connectivity index (χ2v) is 4.49. The van der Waals surface area contributed by atoms with Crippen LogP contribution in [0.25, 0.3) is 0 Å². The lowest BCUT2D eigenvalue weighted by Gasteiger charge is -2.25. The molecule has 15 heavy (non-hydrogen) atoms. The highest BCUT2D eigenvalue weighted by atomic mass is 15.2. The molecule has 1 N–H and O–H groups in total. The molecule has 1 aliphatic carbocycles. The second-order valence-electron chi connectivity index (χ2n) is 4.49. The Labute approximate surface area is 92.3 Å². The maximum absolute atomic E-state index is 3.47. The van der Waals surface area contributed by atoms with Crippen LogP contribution in [0.5, 0.6) is 0 Å². The Hall–Kier alpha value is -1.02. The molecule has 0 aliphatic heterocycles. The number of nitrogens with one attached hydrogen (secondary N) is 1. The largest absolute Gasteiger partial charge is 0.383 e. The van der Waals surface area contributed by atoms with Gasteiger partial charge in [0.2, 0.25) is 0 Å². The molecule has 2 nitrogen and oxygen atoms in total. The first kappa shape index (κ1) is 10.5. The Morgan fingerprint density at radius 1 is 1.33 bits per heavy atom. The van der Waals surface area contributed by atoms with Gasteiger partial charge in [-0.05, 0) is 38.9 Å². The zero-order valence-electron chi connectivity index (χ0n) is 9.61. The van der Waals surface area contributed by atoms with Gasteiger partial charge in [0.1, 0.15) is 0 Å². The molecule has 1 aromatic rings. The predicted molar refractivity (Wildman–Crippen MR) is 65.2 cm³/mol. The highest BCUT2D eigenvalue weighted by molar-refractivity contribution is 5.42. The maximum Gasteiger partial charge on any atom is 0.0340 e. The van der Waals surface area contributed by atoms with Gasteiger partial charge < -0.3 is 5.32 Å². The van der Waals surface area contributed by atoms with Gasteiger partial charge in [0.15, 0.2) is 0 Å². The van der Waals surface area contributed by atoms with Crippen molar-refractivity contribution in [2.45, 2.75) is 31.8 Å². The summed E-state index contributed by atoms with van der Waals surface area (Å²) in [7, 11) is 2.23. The highest BCUT2D eigenvalue weighted by Gasteiger charge is 2.28. The first-order valence-corrected chi connectivity index (χ1v) is 5.78. The van der Waals surface area contributed by atoms with E-state index in [2.05, 4.69) is 48.5 Å². The minimum absolute atomic E-state index is 0.609. The third-order valence-electron chi connectivity index (χ3n) is 3.19. The Morgan fingerprint density at radius 2 is 2.00 bits per heavy atom. The summed E-state index contributed by atoms with van der Waals surface area (Å²) in [5.41, 5.74) is 1.22. The molecule has 1 aliphatic rings. The molecular weight excluding hydrogens is 184 g/mol. The summed E-state index contributed by atoms with van der Waals surface area (Å²) in [4.78, 5) is 2.48. The summed E-state index contributed by atoms with van der Waals surface area (Å²) >= 11 is 0. The normalized spacial score (nSPS) is 17.8. The van der Waals surface area contributed by atoms with Crippen LogP contribution < -0.4 is 5.32 Å². The van der Waals surface area contributed by atoms with Gasteiger partial charge in [-0.3, -0.25) is 4.90 Å². The molecule has 0 radical (unpaired) electrons. The van der Waals surface area contributed by atoms with Crippen LogP contribution in [0, 0.1) is 0 Å². The van der Waals surface area contributed by atoms with Crippen molar-refractivity contribution in [2.75, 3.05) is 18.9 Å². The first-order valence-electron chi connectivity index (χ1n) is 5.78. The lowest BCUT2D eigenvalue weighted by molar-refractivity contribution is 0.257. The smallest absolute Gasteiger partial charge is 0.0340 e. The molecular formula is C13H20N2. The molecule has 1 atom stereocenters. The quantitative estimate of drug-likeness (QED) is 0.793. The van der Waals surface area contributed by atoms with Gasteiger partial charge in [-0.15, -0.1) is 0 Å². The summed E-state index contributed by atoms with van der Waals surface area (Å²) in [5, 5.41) is 3.47. The summed E-state index contributed by atoms with van der Waals surface area (Å²) in [5.74, 6) is 0. The van der Waals surface area contributed by atoms with Crippen molar-refractivity contribution in [2.24, 2.45) is 0 Å². The number of hydrogen-bond donors (Lipinski definition) is 1. The van der Waals surface area contributed by atoms with Crippen LogP contribution in [-0.4, -0.2) is 30.6 Å². The van der Waals surface area contributed by atoms with E-state index in [1.165, 1.54) is 18.5 Å². The Balaban J connectivity index is 1.77. The fourth-order valence-electron chi connectivity index (χ4n) is 1.81. The molecule has 0 bridgehead atoms. The fourth-order valence-corrected chi connectivity index (χ4v) is 1.81. The zero-order chi connectivity index (χ0) is 10.7. The predicted octanol–water partition coefficient (Wildman–Crippen LogP) is 2.58. The van der Waals surface area contributed by atoms with Gasteiger partial charge in [0.25, 0.3) is 0 Å². The molecule has 1 fully saturated rings. The molecule has 2 rings (SSSR count). The van der Waals surface area contributed by atoms with Crippen LogP contribution in [0.1, 0.15) is 19.8 Å². The third-order valence-corrected chi connectivity index (χ3v) is 3.19. The van der Waals surface area contributed by atoms with Crippen LogP contribution in [-0.2, 0) is 0 Å². The molecule has 0 heterocycles. The number of rotatable bonds is 5. The average molecular weight is 204 g/mol. The molecule has 0 spiro atoms. The van der Waals surface area contributed by atoms with Crippen molar-refractivity contribution in [1.29, 1.82) is 0 Å². The van der Waals surface area contributed by atoms with Crippen molar-refractivity contribution in [3.05, 3.63) is 30.3 Å². The molecule has 2 heteroatoms. The summed E-state index contributed by atoms with van der Waals surface area (Å²) < 4.78 is 0. The Bertz CT molecular complexity index is 293. The summed E-state index contributed by atoms with van der Waals surface area (Å²) in [6.45, 7) is 3.31. The van der Waals surface area contributed by atoms with Gasteiger partial charge in [-0.25, -0.2) is 0 Å². The summed E-state index contributed by atoms with van der Waals surface area (Å²) in [6, 6.07) is 11.9. The van der Waals surface area contributed by atoms with Crippen molar-refractivity contribution >= 4 is 5.69 Å². The number of anilines is 1. The van der Waals surface area contributed by atoms with Crippen LogP contribution in [0.3, 0.4) is 0 Å². The standard InChI is InChI=1S/C13H20N2/c1-11(15(2)13-8-9-13)10-14-12-6-4-3-5-7-12/h3-7,11,13-14H,8-10H2,1-2H3. The van der Waals surface area contributed by atoms with Gasteiger partial charge in [0.05, 0.1) is 0 Å². The van der Waals surface area contributed by atoms with Crippen molar-refractivity contribution in [3.63, 3.8) is 0 Å². The van der Waals surface area contributed by atoms with Gasteiger partial charge in [-0.2, -0.15) is 0 Å². The van der Waals surface area contributed by atoms with Gasteiger partial charge in [-0.1, -0.05) is 18.2 Å². The number of para-hydroxylation sites is 1. The summed E-state index contributed by atoms with van der Waals surface area (Å²) in [6.07, 6.45) is 2.76. The third kappa shape index (κ3) is 2.96. The molecule has 0 amide bonds. The van der Waals surface area contributed by atoms with E-state index in [9.17, 15) is 0 Å². The SMILES string of the molecule is CC(CNc1ccccc1)N(C)C1CC1. The molecule has 0 saturated heterocycles.